The van der Waals surface area contributed by atoms with Crippen LogP contribution < -0.4 is 10.1 Å². The predicted octanol–water partition coefficient (Wildman–Crippen LogP) is 2.15. The number of nitrogens with one attached hydrogen (secondary N) is 1. The molecule has 1 amide bonds. The van der Waals surface area contributed by atoms with Crippen LogP contribution in [0.25, 0.3) is 11.6 Å². The molecule has 0 unspecified atom stereocenters. The number of allylic oxidation sites excluding steroid dienone is 1. The highest BCUT2D eigenvalue weighted by molar-refractivity contribution is 6.13. The van der Waals surface area contributed by atoms with E-state index in [-0.39, 0.29) is 12.5 Å². The molecule has 1 N–H and O–H groups in total. The minimum absolute atomic E-state index is 0.0419. The van der Waals surface area contributed by atoms with Crippen LogP contribution in [-0.4, -0.2) is 23.8 Å². The third kappa shape index (κ3) is 2.81. The number of aromatic nitrogens is 1. The van der Waals surface area contributed by atoms with Crippen LogP contribution in [0.1, 0.15) is 11.1 Å². The van der Waals surface area contributed by atoms with E-state index in [4.69, 9.17) is 4.74 Å². The number of anilines is 1. The van der Waals surface area contributed by atoms with Gasteiger partial charge in [0.2, 0.25) is 5.88 Å². The van der Waals surface area contributed by atoms with Crippen LogP contribution in [0.3, 0.4) is 0 Å². The zero-order valence-electron chi connectivity index (χ0n) is 11.1. The molecule has 0 spiro atoms. The molecule has 1 aliphatic rings. The first-order chi connectivity index (χ1) is 10.3. The summed E-state index contributed by atoms with van der Waals surface area (Å²) in [6, 6.07) is 11.2. The molecule has 2 heterocycles. The summed E-state index contributed by atoms with van der Waals surface area (Å²) < 4.78 is 5.19. The Kier molecular flexibility index (Phi) is 3.47. The maximum atomic E-state index is 11.3. The fourth-order valence-electron chi connectivity index (χ4n) is 2.05. The van der Waals surface area contributed by atoms with Gasteiger partial charge in [-0.1, -0.05) is 30.3 Å². The van der Waals surface area contributed by atoms with E-state index < -0.39 is 0 Å². The third-order valence-corrected chi connectivity index (χ3v) is 3.05. The topological polar surface area (TPSA) is 68.3 Å². The molecule has 0 bridgehead atoms. The monoisotopic (exact) mass is 280 g/mol. The molecule has 5 heteroatoms. The Morgan fingerprint density at radius 3 is 2.86 bits per heavy atom. The normalized spacial score (nSPS) is 13.9. The maximum Gasteiger partial charge on any atom is 0.262 e. The number of aldehydes is 1. The van der Waals surface area contributed by atoms with Crippen molar-refractivity contribution in [1.29, 1.82) is 0 Å². The average molecular weight is 280 g/mol. The van der Waals surface area contributed by atoms with Gasteiger partial charge in [0.05, 0.1) is 0 Å². The zero-order chi connectivity index (χ0) is 14.7. The number of carbonyl (C=O) groups excluding carboxylic acids is 2. The lowest BCUT2D eigenvalue weighted by atomic mass is 10.1. The van der Waals surface area contributed by atoms with Gasteiger partial charge in [0.15, 0.2) is 12.9 Å². The van der Waals surface area contributed by atoms with Crippen molar-refractivity contribution in [3.8, 4) is 5.88 Å². The van der Waals surface area contributed by atoms with Crippen LogP contribution in [0.15, 0.2) is 42.6 Å². The van der Waals surface area contributed by atoms with Gasteiger partial charge in [-0.25, -0.2) is 4.98 Å². The number of hydrogen-bond donors (Lipinski definition) is 1. The number of ether oxygens (including phenoxy) is 1. The first-order valence-corrected chi connectivity index (χ1v) is 6.41. The first kappa shape index (κ1) is 13.1. The Morgan fingerprint density at radius 1 is 1.29 bits per heavy atom. The minimum Gasteiger partial charge on any atom is -0.466 e. The summed E-state index contributed by atoms with van der Waals surface area (Å²) in [6.45, 7) is -0.0419. The molecule has 0 aliphatic carbocycles. The Hall–Kier alpha value is -2.95. The first-order valence-electron chi connectivity index (χ1n) is 6.41. The van der Waals surface area contributed by atoms with Crippen LogP contribution >= 0.6 is 0 Å². The van der Waals surface area contributed by atoms with Crippen molar-refractivity contribution in [3.05, 3.63) is 53.7 Å². The largest absolute Gasteiger partial charge is 0.466 e. The molecule has 2 aromatic rings. The second-order valence-electron chi connectivity index (χ2n) is 4.54. The van der Waals surface area contributed by atoms with Crippen molar-refractivity contribution in [1.82, 2.24) is 4.98 Å². The van der Waals surface area contributed by atoms with E-state index in [1.54, 1.807) is 18.3 Å². The second-order valence-corrected chi connectivity index (χ2v) is 4.54. The van der Waals surface area contributed by atoms with Crippen LogP contribution in [0.5, 0.6) is 5.88 Å². The minimum atomic E-state index is -0.235. The lowest BCUT2D eigenvalue weighted by molar-refractivity contribution is -0.118. The van der Waals surface area contributed by atoms with E-state index >= 15 is 0 Å². The molecular formula is C16H12N2O3. The molecule has 0 atom stereocenters. The molecule has 1 aromatic carbocycles. The number of benzene rings is 1. The summed E-state index contributed by atoms with van der Waals surface area (Å²) in [4.78, 5) is 26.8. The van der Waals surface area contributed by atoms with E-state index in [1.807, 2.05) is 30.3 Å². The van der Waals surface area contributed by atoms with Gasteiger partial charge in [0.25, 0.3) is 5.91 Å². The van der Waals surface area contributed by atoms with E-state index in [2.05, 4.69) is 10.3 Å². The highest BCUT2D eigenvalue weighted by Gasteiger charge is 2.18. The number of rotatable bonds is 3. The van der Waals surface area contributed by atoms with Crippen molar-refractivity contribution in [2.45, 2.75) is 0 Å². The van der Waals surface area contributed by atoms with Crippen LogP contribution in [-0.2, 0) is 9.59 Å². The summed E-state index contributed by atoms with van der Waals surface area (Å²) >= 11 is 0. The highest BCUT2D eigenvalue weighted by atomic mass is 16.5. The second kappa shape index (κ2) is 5.58. The molecule has 1 aromatic heterocycles. The van der Waals surface area contributed by atoms with Gasteiger partial charge in [-0.3, -0.25) is 9.59 Å². The molecule has 0 saturated carbocycles. The Balaban J connectivity index is 1.98. The molecule has 0 radical (unpaired) electrons. The number of nitrogens with zero attached hydrogens (tertiary/aromatic N) is 1. The quantitative estimate of drug-likeness (QED) is 0.691. The van der Waals surface area contributed by atoms with E-state index in [0.29, 0.717) is 22.7 Å². The van der Waals surface area contributed by atoms with Crippen molar-refractivity contribution in [2.24, 2.45) is 0 Å². The molecule has 0 saturated heterocycles. The number of fused-ring (bicyclic) bond motifs is 1. The van der Waals surface area contributed by atoms with Gasteiger partial charge in [-0.2, -0.15) is 0 Å². The Labute approximate surface area is 121 Å². The standard InChI is InChI=1S/C16H12N2O3/c19-9-13(6-11-4-2-1-3-5-11)12-7-14-16(17-8-12)21-10-15(20)18-14/h1-9H,10H2,(H,18,20)/b13-6-. The molecule has 0 fully saturated rings. The van der Waals surface area contributed by atoms with Gasteiger partial charge >= 0.3 is 0 Å². The fraction of sp³-hybridized carbons (Fsp3) is 0.0625. The third-order valence-electron chi connectivity index (χ3n) is 3.05. The van der Waals surface area contributed by atoms with Gasteiger partial charge in [-0.05, 0) is 17.7 Å². The average Bonchev–Trinajstić information content (AvgIpc) is 2.53. The summed E-state index contributed by atoms with van der Waals surface area (Å²) in [5.74, 6) is 0.129. The Morgan fingerprint density at radius 2 is 2.10 bits per heavy atom. The van der Waals surface area contributed by atoms with Gasteiger partial charge in [0, 0.05) is 17.3 Å². The molecular weight excluding hydrogens is 268 g/mol. The van der Waals surface area contributed by atoms with E-state index in [9.17, 15) is 9.59 Å². The predicted molar refractivity (Wildman–Crippen MR) is 78.7 cm³/mol. The Bertz CT molecular complexity index is 724. The van der Waals surface area contributed by atoms with Crippen molar-refractivity contribution >= 4 is 29.5 Å². The fourth-order valence-corrected chi connectivity index (χ4v) is 2.05. The lowest BCUT2D eigenvalue weighted by Crippen LogP contribution is -2.26. The highest BCUT2D eigenvalue weighted by Crippen LogP contribution is 2.28. The molecule has 3 rings (SSSR count). The van der Waals surface area contributed by atoms with Crippen molar-refractivity contribution < 1.29 is 14.3 Å². The molecule has 104 valence electrons. The number of carbonyl (C=O) groups is 2. The maximum absolute atomic E-state index is 11.3. The summed E-state index contributed by atoms with van der Waals surface area (Å²) in [7, 11) is 0. The smallest absolute Gasteiger partial charge is 0.262 e. The van der Waals surface area contributed by atoms with E-state index in [0.717, 1.165) is 11.8 Å². The van der Waals surface area contributed by atoms with Crippen molar-refractivity contribution in [3.63, 3.8) is 0 Å². The lowest BCUT2D eigenvalue weighted by Gasteiger charge is -2.17. The molecule has 21 heavy (non-hydrogen) atoms. The summed E-state index contributed by atoms with van der Waals surface area (Å²) in [5, 5.41) is 2.67. The van der Waals surface area contributed by atoms with Crippen molar-refractivity contribution in [2.75, 3.05) is 11.9 Å². The number of amides is 1. The molecule has 1 aliphatic heterocycles. The van der Waals surface area contributed by atoms with Gasteiger partial charge < -0.3 is 10.1 Å². The molecule has 5 nitrogen and oxygen atoms in total. The van der Waals surface area contributed by atoms with Crippen LogP contribution in [0, 0.1) is 0 Å². The van der Waals surface area contributed by atoms with Gasteiger partial charge in [0.1, 0.15) is 5.69 Å². The SMILES string of the molecule is O=C/C(=C/c1ccccc1)c1cnc2c(c1)NC(=O)CO2. The number of hydrogen-bond acceptors (Lipinski definition) is 4. The van der Waals surface area contributed by atoms with E-state index in [1.165, 1.54) is 0 Å². The van der Waals surface area contributed by atoms with Crippen LogP contribution in [0.2, 0.25) is 0 Å². The zero-order valence-corrected chi connectivity index (χ0v) is 11.1. The summed E-state index contributed by atoms with van der Waals surface area (Å²) in [6.07, 6.45) is 4.09. The summed E-state index contributed by atoms with van der Waals surface area (Å²) in [5.41, 5.74) is 2.50. The van der Waals surface area contributed by atoms with Crippen LogP contribution in [0.4, 0.5) is 5.69 Å². The van der Waals surface area contributed by atoms with Gasteiger partial charge in [-0.15, -0.1) is 0 Å². The number of pyridine rings is 1.